The van der Waals surface area contributed by atoms with Gasteiger partial charge in [-0.3, -0.25) is 4.79 Å². The monoisotopic (exact) mass is 379 g/mol. The normalized spacial score (nSPS) is 14.4. The molecule has 1 aliphatic heterocycles. The number of benzene rings is 1. The number of halogens is 2. The Morgan fingerprint density at radius 1 is 1.20 bits per heavy atom. The lowest BCUT2D eigenvalue weighted by Crippen LogP contribution is -2.38. The second kappa shape index (κ2) is 8.52. The summed E-state index contributed by atoms with van der Waals surface area (Å²) in [5.41, 5.74) is 1.48. The molecule has 132 valence electrons. The Kier molecular flexibility index (Phi) is 6.13. The number of aromatic nitrogens is 1. The highest BCUT2D eigenvalue weighted by molar-refractivity contribution is 6.42. The van der Waals surface area contributed by atoms with E-state index in [1.54, 1.807) is 24.4 Å². The number of hydrogen-bond donors (Lipinski definition) is 1. The van der Waals surface area contributed by atoms with Crippen LogP contribution in [0.5, 0.6) is 0 Å². The summed E-state index contributed by atoms with van der Waals surface area (Å²) >= 11 is 12.2. The average Bonchev–Trinajstić information content (AvgIpc) is 2.66. The molecule has 1 aromatic heterocycles. The van der Waals surface area contributed by atoms with Crippen molar-refractivity contribution in [2.45, 2.75) is 6.42 Å². The topological polar surface area (TPSA) is 54.5 Å². The Morgan fingerprint density at radius 3 is 2.80 bits per heavy atom. The molecule has 0 bridgehead atoms. The van der Waals surface area contributed by atoms with Crippen LogP contribution < -0.4 is 10.2 Å². The van der Waals surface area contributed by atoms with Crippen LogP contribution in [0.2, 0.25) is 10.0 Å². The summed E-state index contributed by atoms with van der Waals surface area (Å²) in [5.74, 6) is 0.553. The van der Waals surface area contributed by atoms with E-state index >= 15 is 0 Å². The van der Waals surface area contributed by atoms with Gasteiger partial charge >= 0.3 is 0 Å². The molecule has 0 radical (unpaired) electrons. The largest absolute Gasteiger partial charge is 0.378 e. The smallest absolute Gasteiger partial charge is 0.255 e. The van der Waals surface area contributed by atoms with E-state index in [9.17, 15) is 4.79 Å². The van der Waals surface area contributed by atoms with E-state index in [1.165, 1.54) is 0 Å². The maximum absolute atomic E-state index is 12.6. The summed E-state index contributed by atoms with van der Waals surface area (Å²) in [4.78, 5) is 19.0. The number of carbonyl (C=O) groups is 1. The van der Waals surface area contributed by atoms with Crippen molar-refractivity contribution in [2.75, 3.05) is 37.7 Å². The van der Waals surface area contributed by atoms with Gasteiger partial charge in [0.25, 0.3) is 5.91 Å². The number of amides is 1. The van der Waals surface area contributed by atoms with E-state index in [4.69, 9.17) is 27.9 Å². The van der Waals surface area contributed by atoms with Gasteiger partial charge in [-0.15, -0.1) is 0 Å². The van der Waals surface area contributed by atoms with E-state index in [-0.39, 0.29) is 5.91 Å². The zero-order valence-electron chi connectivity index (χ0n) is 13.7. The minimum Gasteiger partial charge on any atom is -0.378 e. The van der Waals surface area contributed by atoms with Crippen LogP contribution in [0.3, 0.4) is 0 Å². The van der Waals surface area contributed by atoms with Gasteiger partial charge in [0.2, 0.25) is 0 Å². The van der Waals surface area contributed by atoms with Gasteiger partial charge in [0.1, 0.15) is 5.82 Å². The van der Waals surface area contributed by atoms with Crippen LogP contribution in [0.1, 0.15) is 15.9 Å². The molecule has 1 saturated heterocycles. The summed E-state index contributed by atoms with van der Waals surface area (Å²) in [6, 6.07) is 9.06. The maximum atomic E-state index is 12.6. The zero-order chi connectivity index (χ0) is 17.6. The molecular weight excluding hydrogens is 361 g/mol. The maximum Gasteiger partial charge on any atom is 0.255 e. The van der Waals surface area contributed by atoms with Crippen LogP contribution >= 0.6 is 23.2 Å². The molecule has 0 saturated carbocycles. The van der Waals surface area contributed by atoms with Gasteiger partial charge in [-0.25, -0.2) is 4.98 Å². The van der Waals surface area contributed by atoms with Gasteiger partial charge in [0.15, 0.2) is 0 Å². The summed E-state index contributed by atoms with van der Waals surface area (Å²) in [7, 11) is 0. The van der Waals surface area contributed by atoms with Gasteiger partial charge in [-0.1, -0.05) is 35.3 Å². The SMILES string of the molecule is O=C(NCCc1cccc(Cl)c1Cl)c1cccnc1N1CCOCC1. The average molecular weight is 380 g/mol. The molecule has 1 amide bonds. The Labute approximate surface area is 156 Å². The van der Waals surface area contributed by atoms with Crippen LogP contribution in [0.25, 0.3) is 0 Å². The number of nitrogens with one attached hydrogen (secondary N) is 1. The highest BCUT2D eigenvalue weighted by Gasteiger charge is 2.19. The molecule has 1 aromatic carbocycles. The summed E-state index contributed by atoms with van der Waals surface area (Å²) in [6.45, 7) is 3.22. The minimum atomic E-state index is -0.146. The van der Waals surface area contributed by atoms with Crippen molar-refractivity contribution in [3.63, 3.8) is 0 Å². The Hall–Kier alpha value is -1.82. The molecule has 5 nitrogen and oxygen atoms in total. The van der Waals surface area contributed by atoms with Crippen molar-refractivity contribution in [2.24, 2.45) is 0 Å². The van der Waals surface area contributed by atoms with Crippen molar-refractivity contribution in [3.05, 3.63) is 57.7 Å². The number of rotatable bonds is 5. The first-order valence-electron chi connectivity index (χ1n) is 8.15. The molecule has 3 rings (SSSR count). The lowest BCUT2D eigenvalue weighted by atomic mass is 10.1. The van der Waals surface area contributed by atoms with Crippen LogP contribution in [0.4, 0.5) is 5.82 Å². The van der Waals surface area contributed by atoms with E-state index in [2.05, 4.69) is 15.2 Å². The second-order valence-electron chi connectivity index (χ2n) is 5.69. The quantitative estimate of drug-likeness (QED) is 0.866. The number of ether oxygens (including phenoxy) is 1. The third kappa shape index (κ3) is 4.42. The fourth-order valence-electron chi connectivity index (χ4n) is 2.75. The minimum absolute atomic E-state index is 0.146. The predicted octanol–water partition coefficient (Wildman–Crippen LogP) is 3.20. The summed E-state index contributed by atoms with van der Waals surface area (Å²) < 4.78 is 5.36. The second-order valence-corrected chi connectivity index (χ2v) is 6.48. The summed E-state index contributed by atoms with van der Waals surface area (Å²) in [5, 5.41) is 3.99. The van der Waals surface area contributed by atoms with Gasteiger partial charge in [-0.2, -0.15) is 0 Å². The van der Waals surface area contributed by atoms with Crippen molar-refractivity contribution in [3.8, 4) is 0 Å². The van der Waals surface area contributed by atoms with Crippen molar-refractivity contribution >= 4 is 34.9 Å². The van der Waals surface area contributed by atoms with E-state index in [0.29, 0.717) is 47.6 Å². The predicted molar refractivity (Wildman–Crippen MR) is 99.8 cm³/mol. The highest BCUT2D eigenvalue weighted by atomic mass is 35.5. The molecule has 0 unspecified atom stereocenters. The third-order valence-corrected chi connectivity index (χ3v) is 4.91. The van der Waals surface area contributed by atoms with Crippen molar-refractivity contribution in [1.29, 1.82) is 0 Å². The Morgan fingerprint density at radius 2 is 2.00 bits per heavy atom. The molecule has 0 atom stereocenters. The number of carbonyl (C=O) groups excluding carboxylic acids is 1. The fraction of sp³-hybridized carbons (Fsp3) is 0.333. The lowest BCUT2D eigenvalue weighted by Gasteiger charge is -2.29. The van der Waals surface area contributed by atoms with E-state index in [0.717, 1.165) is 18.7 Å². The molecule has 1 N–H and O–H groups in total. The molecule has 2 heterocycles. The van der Waals surface area contributed by atoms with Gasteiger partial charge in [0.05, 0.1) is 28.8 Å². The van der Waals surface area contributed by atoms with Crippen molar-refractivity contribution in [1.82, 2.24) is 10.3 Å². The zero-order valence-corrected chi connectivity index (χ0v) is 15.2. The number of hydrogen-bond acceptors (Lipinski definition) is 4. The number of nitrogens with zero attached hydrogens (tertiary/aromatic N) is 2. The van der Waals surface area contributed by atoms with Gasteiger partial charge < -0.3 is 15.0 Å². The van der Waals surface area contributed by atoms with Crippen LogP contribution in [0.15, 0.2) is 36.5 Å². The highest BCUT2D eigenvalue weighted by Crippen LogP contribution is 2.25. The van der Waals surface area contributed by atoms with Crippen molar-refractivity contribution < 1.29 is 9.53 Å². The third-order valence-electron chi connectivity index (χ3n) is 4.05. The van der Waals surface area contributed by atoms with Crippen LogP contribution in [-0.2, 0) is 11.2 Å². The van der Waals surface area contributed by atoms with E-state index in [1.807, 2.05) is 12.1 Å². The van der Waals surface area contributed by atoms with Crippen LogP contribution in [0, 0.1) is 0 Å². The number of anilines is 1. The number of pyridine rings is 1. The molecular formula is C18H19Cl2N3O2. The number of morpholine rings is 1. The Balaban J connectivity index is 1.64. The molecule has 0 aliphatic carbocycles. The lowest BCUT2D eigenvalue weighted by molar-refractivity contribution is 0.0952. The standard InChI is InChI=1S/C18H19Cl2N3O2/c19-15-5-1-3-13(16(15)20)6-8-22-18(24)14-4-2-7-21-17(14)23-9-11-25-12-10-23/h1-5,7H,6,8-12H2,(H,22,24). The fourth-order valence-corrected chi connectivity index (χ4v) is 3.16. The van der Waals surface area contributed by atoms with Gasteiger partial charge in [0, 0.05) is 25.8 Å². The first-order valence-corrected chi connectivity index (χ1v) is 8.91. The molecule has 7 heteroatoms. The molecule has 1 aliphatic rings. The van der Waals surface area contributed by atoms with Crippen LogP contribution in [-0.4, -0.2) is 43.7 Å². The Bertz CT molecular complexity index is 749. The molecule has 1 fully saturated rings. The molecule has 0 spiro atoms. The van der Waals surface area contributed by atoms with E-state index < -0.39 is 0 Å². The first kappa shape index (κ1) is 18.0. The molecule has 2 aromatic rings. The summed E-state index contributed by atoms with van der Waals surface area (Å²) in [6.07, 6.45) is 2.31. The molecule has 25 heavy (non-hydrogen) atoms. The first-order chi connectivity index (χ1) is 12.2. The van der Waals surface area contributed by atoms with Gasteiger partial charge in [-0.05, 0) is 30.2 Å².